The van der Waals surface area contributed by atoms with E-state index in [0.29, 0.717) is 6.61 Å². The van der Waals surface area contributed by atoms with Gasteiger partial charge in [0, 0.05) is 18.6 Å². The van der Waals surface area contributed by atoms with E-state index in [2.05, 4.69) is 17.1 Å². The fourth-order valence-corrected chi connectivity index (χ4v) is 2.36. The number of carbonyl (C=O) groups excluding carboxylic acids is 1. The third-order valence-electron chi connectivity index (χ3n) is 3.80. The van der Waals surface area contributed by atoms with E-state index >= 15 is 0 Å². The largest absolute Gasteiger partial charge is 0.448 e. The lowest BCUT2D eigenvalue weighted by molar-refractivity contribution is 0.0381. The Morgan fingerprint density at radius 3 is 2.81 bits per heavy atom. The second-order valence-corrected chi connectivity index (χ2v) is 4.39. The van der Waals surface area contributed by atoms with E-state index in [1.54, 1.807) is 7.05 Å². The van der Waals surface area contributed by atoms with Crippen molar-refractivity contribution in [3.05, 3.63) is 0 Å². The zero-order chi connectivity index (χ0) is 12.2. The lowest BCUT2D eigenvalue weighted by Gasteiger charge is -2.36. The minimum Gasteiger partial charge on any atom is -0.448 e. The zero-order valence-corrected chi connectivity index (χ0v) is 10.3. The van der Waals surface area contributed by atoms with Gasteiger partial charge in [-0.25, -0.2) is 4.79 Å². The Balaban J connectivity index is 2.50. The normalized spacial score (nSPS) is 30.4. The maximum Gasteiger partial charge on any atom is 0.406 e. The van der Waals surface area contributed by atoms with Gasteiger partial charge in [0.1, 0.15) is 6.61 Å². The van der Waals surface area contributed by atoms with Crippen LogP contribution in [-0.2, 0) is 4.74 Å². The van der Waals surface area contributed by atoms with Crippen molar-refractivity contribution >= 4 is 6.09 Å². The van der Waals surface area contributed by atoms with Crippen LogP contribution in [0.25, 0.3) is 0 Å². The molecule has 0 aromatic heterocycles. The predicted octanol–water partition coefficient (Wildman–Crippen LogP) is 0.578. The number of hydrogen-bond donors (Lipinski definition) is 2. The lowest BCUT2D eigenvalue weighted by Crippen LogP contribution is -2.48. The first-order valence-electron chi connectivity index (χ1n) is 5.78. The standard InChI is InChI=1S/C11H22N2O3/c1-4-11(8-14)6-5-9(13(11)3)7-16-10(15)12-2/h9,14H,4-8H2,1-3H3,(H,12,15)/t9-,11-/m1/s1. The molecule has 1 aliphatic rings. The molecular weight excluding hydrogens is 208 g/mol. The average Bonchev–Trinajstić information content (AvgIpc) is 2.64. The van der Waals surface area contributed by atoms with Crippen LogP contribution in [-0.4, -0.2) is 55.0 Å². The molecule has 1 rings (SSSR count). The van der Waals surface area contributed by atoms with E-state index in [0.717, 1.165) is 19.3 Å². The topological polar surface area (TPSA) is 61.8 Å². The number of likely N-dealkylation sites (tertiary alicyclic amines) is 1. The summed E-state index contributed by atoms with van der Waals surface area (Å²) in [5.74, 6) is 0. The monoisotopic (exact) mass is 230 g/mol. The molecule has 5 nitrogen and oxygen atoms in total. The number of alkyl carbamates (subject to hydrolysis) is 1. The second kappa shape index (κ2) is 5.50. The van der Waals surface area contributed by atoms with Crippen LogP contribution in [0.5, 0.6) is 0 Å². The van der Waals surface area contributed by atoms with E-state index in [9.17, 15) is 9.90 Å². The van der Waals surface area contributed by atoms with Gasteiger partial charge in [-0.2, -0.15) is 0 Å². The van der Waals surface area contributed by atoms with Crippen LogP contribution in [0, 0.1) is 0 Å². The molecule has 1 aliphatic heterocycles. The number of likely N-dealkylation sites (N-methyl/N-ethyl adjacent to an activating group) is 1. The third kappa shape index (κ3) is 2.47. The highest BCUT2D eigenvalue weighted by atomic mass is 16.5. The first kappa shape index (κ1) is 13.3. The summed E-state index contributed by atoms with van der Waals surface area (Å²) in [7, 11) is 3.54. The maximum atomic E-state index is 11.0. The number of carbonyl (C=O) groups is 1. The van der Waals surface area contributed by atoms with Crippen molar-refractivity contribution in [2.75, 3.05) is 27.3 Å². The molecule has 2 N–H and O–H groups in total. The number of aliphatic hydroxyl groups excluding tert-OH is 1. The van der Waals surface area contributed by atoms with Gasteiger partial charge in [-0.15, -0.1) is 0 Å². The van der Waals surface area contributed by atoms with Crippen molar-refractivity contribution < 1.29 is 14.6 Å². The number of nitrogens with zero attached hydrogens (tertiary/aromatic N) is 1. The molecule has 5 heteroatoms. The molecule has 0 bridgehead atoms. The Morgan fingerprint density at radius 1 is 1.69 bits per heavy atom. The van der Waals surface area contributed by atoms with Gasteiger partial charge in [-0.1, -0.05) is 6.92 Å². The highest BCUT2D eigenvalue weighted by Gasteiger charge is 2.42. The summed E-state index contributed by atoms with van der Waals surface area (Å²) in [5, 5.41) is 11.9. The van der Waals surface area contributed by atoms with Crippen molar-refractivity contribution in [2.45, 2.75) is 37.8 Å². The van der Waals surface area contributed by atoms with Crippen molar-refractivity contribution in [3.8, 4) is 0 Å². The maximum absolute atomic E-state index is 11.0. The molecule has 0 aliphatic carbocycles. The molecule has 2 atom stereocenters. The summed E-state index contributed by atoms with van der Waals surface area (Å²) in [5.41, 5.74) is -0.128. The van der Waals surface area contributed by atoms with E-state index in [1.165, 1.54) is 0 Å². The fraction of sp³-hybridized carbons (Fsp3) is 0.909. The Hall–Kier alpha value is -0.810. The van der Waals surface area contributed by atoms with Crippen molar-refractivity contribution in [1.82, 2.24) is 10.2 Å². The number of ether oxygens (including phenoxy) is 1. The fourth-order valence-electron chi connectivity index (χ4n) is 2.36. The van der Waals surface area contributed by atoms with Crippen LogP contribution in [0.4, 0.5) is 4.79 Å². The Kier molecular flexibility index (Phi) is 4.56. The Labute approximate surface area is 96.8 Å². The minimum absolute atomic E-state index is 0.128. The van der Waals surface area contributed by atoms with Crippen molar-refractivity contribution in [3.63, 3.8) is 0 Å². The lowest BCUT2D eigenvalue weighted by atomic mass is 9.94. The van der Waals surface area contributed by atoms with Crippen LogP contribution in [0.2, 0.25) is 0 Å². The van der Waals surface area contributed by atoms with Crippen LogP contribution >= 0.6 is 0 Å². The number of aliphatic hydroxyl groups is 1. The molecule has 0 unspecified atom stereocenters. The summed E-state index contributed by atoms with van der Waals surface area (Å²) in [4.78, 5) is 13.1. The molecule has 0 aromatic carbocycles. The van der Waals surface area contributed by atoms with E-state index in [1.807, 2.05) is 7.05 Å². The second-order valence-electron chi connectivity index (χ2n) is 4.39. The molecule has 16 heavy (non-hydrogen) atoms. The summed E-state index contributed by atoms with van der Waals surface area (Å²) < 4.78 is 5.05. The van der Waals surface area contributed by atoms with Gasteiger partial charge in [0.2, 0.25) is 0 Å². The van der Waals surface area contributed by atoms with Gasteiger partial charge in [0.25, 0.3) is 0 Å². The first-order chi connectivity index (χ1) is 7.59. The van der Waals surface area contributed by atoms with Crippen LogP contribution in [0.1, 0.15) is 26.2 Å². The zero-order valence-electron chi connectivity index (χ0n) is 10.3. The minimum atomic E-state index is -0.397. The van der Waals surface area contributed by atoms with E-state index in [4.69, 9.17) is 4.74 Å². The molecule has 0 radical (unpaired) electrons. The molecule has 1 amide bonds. The average molecular weight is 230 g/mol. The Bertz CT molecular complexity index is 241. The summed E-state index contributed by atoms with van der Waals surface area (Å²) in [6, 6.07) is 0.212. The first-order valence-corrected chi connectivity index (χ1v) is 5.78. The highest BCUT2D eigenvalue weighted by Crippen LogP contribution is 2.34. The van der Waals surface area contributed by atoms with Crippen LogP contribution in [0.3, 0.4) is 0 Å². The SMILES string of the molecule is CC[C@]1(CO)CC[C@H](COC(=O)NC)N1C. The molecule has 1 heterocycles. The smallest absolute Gasteiger partial charge is 0.406 e. The van der Waals surface area contributed by atoms with E-state index < -0.39 is 6.09 Å². The van der Waals surface area contributed by atoms with E-state index in [-0.39, 0.29) is 18.2 Å². The molecule has 1 saturated heterocycles. The van der Waals surface area contributed by atoms with Gasteiger partial charge >= 0.3 is 6.09 Å². The van der Waals surface area contributed by atoms with Crippen molar-refractivity contribution in [2.24, 2.45) is 0 Å². The molecule has 0 aromatic rings. The third-order valence-corrected chi connectivity index (χ3v) is 3.80. The quantitative estimate of drug-likeness (QED) is 0.741. The van der Waals surface area contributed by atoms with Gasteiger partial charge in [0.15, 0.2) is 0 Å². The highest BCUT2D eigenvalue weighted by molar-refractivity contribution is 5.66. The summed E-state index contributed by atoms with van der Waals surface area (Å²) >= 11 is 0. The van der Waals surface area contributed by atoms with Crippen LogP contribution in [0.15, 0.2) is 0 Å². The summed E-state index contributed by atoms with van der Waals surface area (Å²) in [6.07, 6.45) is 2.43. The number of hydrogen-bond acceptors (Lipinski definition) is 4. The molecule has 94 valence electrons. The van der Waals surface area contributed by atoms with Gasteiger partial charge in [-0.05, 0) is 26.3 Å². The van der Waals surface area contributed by atoms with Crippen molar-refractivity contribution in [1.29, 1.82) is 0 Å². The Morgan fingerprint density at radius 2 is 2.38 bits per heavy atom. The van der Waals surface area contributed by atoms with Crippen LogP contribution < -0.4 is 5.32 Å². The number of rotatable bonds is 4. The molecule has 0 spiro atoms. The summed E-state index contributed by atoms with van der Waals surface area (Å²) in [6.45, 7) is 2.63. The number of amides is 1. The molecule has 0 saturated carbocycles. The molecule has 1 fully saturated rings. The van der Waals surface area contributed by atoms with Gasteiger partial charge in [0.05, 0.1) is 6.61 Å². The number of nitrogens with one attached hydrogen (secondary N) is 1. The predicted molar refractivity (Wildman–Crippen MR) is 61.3 cm³/mol. The van der Waals surface area contributed by atoms with Gasteiger partial charge in [-0.3, -0.25) is 4.90 Å². The van der Waals surface area contributed by atoms with Gasteiger partial charge < -0.3 is 15.2 Å². The molecular formula is C11H22N2O3.